The average molecular weight is 283 g/mol. The molecule has 2 rings (SSSR count). The molecule has 0 amide bonds. The van der Waals surface area contributed by atoms with E-state index in [1.165, 1.54) is 24.5 Å². The van der Waals surface area contributed by atoms with Crippen LogP contribution in [-0.2, 0) is 12.7 Å². The van der Waals surface area contributed by atoms with Crippen molar-refractivity contribution in [2.75, 3.05) is 0 Å². The number of nitrogens with zero attached hydrogens (tertiary/aromatic N) is 2. The molecule has 0 fully saturated rings. The van der Waals surface area contributed by atoms with Crippen molar-refractivity contribution >= 4 is 0 Å². The summed E-state index contributed by atoms with van der Waals surface area (Å²) in [5.41, 5.74) is 5.26. The second-order valence-corrected chi connectivity index (χ2v) is 4.08. The first-order valence-corrected chi connectivity index (χ1v) is 5.77. The van der Waals surface area contributed by atoms with Gasteiger partial charge >= 0.3 is 6.18 Å². The molecular weight excluding hydrogens is 271 g/mol. The summed E-state index contributed by atoms with van der Waals surface area (Å²) in [6, 6.07) is 3.69. The van der Waals surface area contributed by atoms with Crippen LogP contribution in [0.2, 0.25) is 0 Å². The number of nitrogens with two attached hydrogens (primary N) is 1. The average Bonchev–Trinajstić information content (AvgIpc) is 2.40. The number of hydrogen-bond acceptors (Lipinski definition) is 4. The van der Waals surface area contributed by atoms with Crippen molar-refractivity contribution in [1.29, 1.82) is 0 Å². The fraction of sp³-hybridized carbons (Fsp3) is 0.231. The first-order valence-electron chi connectivity index (χ1n) is 5.77. The molecule has 0 saturated heterocycles. The van der Waals surface area contributed by atoms with Gasteiger partial charge < -0.3 is 10.5 Å². The summed E-state index contributed by atoms with van der Waals surface area (Å²) < 4.78 is 44.3. The minimum atomic E-state index is -4.53. The normalized spacial score (nSPS) is 11.4. The van der Waals surface area contributed by atoms with Gasteiger partial charge in [0.15, 0.2) is 0 Å². The van der Waals surface area contributed by atoms with Crippen LogP contribution in [0.1, 0.15) is 16.8 Å². The molecule has 2 aromatic rings. The number of aryl methyl sites for hydroxylation is 1. The summed E-state index contributed by atoms with van der Waals surface area (Å²) in [5, 5.41) is 0. The summed E-state index contributed by atoms with van der Waals surface area (Å²) in [4.78, 5) is 7.77. The molecule has 0 aliphatic heterocycles. The van der Waals surface area contributed by atoms with E-state index in [1.807, 2.05) is 0 Å². The number of benzene rings is 1. The zero-order valence-electron chi connectivity index (χ0n) is 10.6. The molecule has 0 aliphatic carbocycles. The second-order valence-electron chi connectivity index (χ2n) is 4.08. The van der Waals surface area contributed by atoms with E-state index in [0.29, 0.717) is 11.3 Å². The predicted molar refractivity (Wildman–Crippen MR) is 66.2 cm³/mol. The van der Waals surface area contributed by atoms with Gasteiger partial charge in [-0.3, -0.25) is 4.98 Å². The molecule has 0 unspecified atom stereocenters. The van der Waals surface area contributed by atoms with Gasteiger partial charge in [-0.15, -0.1) is 0 Å². The van der Waals surface area contributed by atoms with Crippen LogP contribution >= 0.6 is 0 Å². The molecule has 1 heterocycles. The van der Waals surface area contributed by atoms with Crippen molar-refractivity contribution in [2.45, 2.75) is 19.6 Å². The number of ether oxygens (including phenoxy) is 1. The van der Waals surface area contributed by atoms with Crippen LogP contribution in [0.3, 0.4) is 0 Å². The van der Waals surface area contributed by atoms with E-state index in [9.17, 15) is 13.2 Å². The molecule has 0 atom stereocenters. The van der Waals surface area contributed by atoms with Crippen LogP contribution in [0.4, 0.5) is 13.2 Å². The van der Waals surface area contributed by atoms with Crippen LogP contribution in [-0.4, -0.2) is 9.97 Å². The highest BCUT2D eigenvalue weighted by Gasteiger charge is 2.35. The number of alkyl halides is 3. The van der Waals surface area contributed by atoms with Crippen LogP contribution in [0.15, 0.2) is 30.6 Å². The predicted octanol–water partition coefficient (Wildman–Crippen LogP) is 3.05. The minimum Gasteiger partial charge on any atom is -0.437 e. The molecule has 7 heteroatoms. The lowest BCUT2D eigenvalue weighted by molar-refractivity contribution is -0.138. The molecule has 0 saturated carbocycles. The third kappa shape index (κ3) is 3.05. The van der Waals surface area contributed by atoms with Crippen LogP contribution in [0, 0.1) is 6.92 Å². The van der Waals surface area contributed by atoms with Crippen LogP contribution in [0.25, 0.3) is 0 Å². The molecule has 1 aromatic carbocycles. The molecule has 0 bridgehead atoms. The summed E-state index contributed by atoms with van der Waals surface area (Å²) in [5.74, 6) is -0.281. The number of halogens is 3. The van der Waals surface area contributed by atoms with Gasteiger partial charge in [0.1, 0.15) is 5.75 Å². The maximum Gasteiger partial charge on any atom is 0.419 e. The Balaban J connectivity index is 2.44. The zero-order chi connectivity index (χ0) is 14.8. The molecule has 0 radical (unpaired) electrons. The van der Waals surface area contributed by atoms with Gasteiger partial charge in [0.05, 0.1) is 11.3 Å². The topological polar surface area (TPSA) is 61.0 Å². The second kappa shape index (κ2) is 5.46. The molecule has 106 valence electrons. The fourth-order valence-corrected chi connectivity index (χ4v) is 1.61. The van der Waals surface area contributed by atoms with Crippen molar-refractivity contribution < 1.29 is 17.9 Å². The van der Waals surface area contributed by atoms with Gasteiger partial charge in [0.2, 0.25) is 5.88 Å². The highest BCUT2D eigenvalue weighted by atomic mass is 19.4. The SMILES string of the molecule is Cc1nccnc1Oc1ccc(CN)cc1C(F)(F)F. The molecule has 2 N–H and O–H groups in total. The van der Waals surface area contributed by atoms with E-state index in [0.717, 1.165) is 6.07 Å². The Morgan fingerprint density at radius 2 is 1.90 bits per heavy atom. The van der Waals surface area contributed by atoms with Gasteiger partial charge in [-0.05, 0) is 24.6 Å². The van der Waals surface area contributed by atoms with Crippen molar-refractivity contribution in [3.8, 4) is 11.6 Å². The molecule has 0 spiro atoms. The van der Waals surface area contributed by atoms with Crippen molar-refractivity contribution in [3.63, 3.8) is 0 Å². The minimum absolute atomic E-state index is 0.0214. The Morgan fingerprint density at radius 3 is 2.50 bits per heavy atom. The first kappa shape index (κ1) is 14.3. The van der Waals surface area contributed by atoms with Gasteiger partial charge in [-0.2, -0.15) is 13.2 Å². The van der Waals surface area contributed by atoms with Gasteiger partial charge in [-0.1, -0.05) is 6.07 Å². The summed E-state index contributed by atoms with van der Waals surface area (Å²) >= 11 is 0. The highest BCUT2D eigenvalue weighted by molar-refractivity contribution is 5.41. The summed E-state index contributed by atoms with van der Waals surface area (Å²) in [6.07, 6.45) is -1.75. The molecule has 4 nitrogen and oxygen atoms in total. The van der Waals surface area contributed by atoms with Crippen LogP contribution < -0.4 is 10.5 Å². The van der Waals surface area contributed by atoms with E-state index >= 15 is 0 Å². The number of hydrogen-bond donors (Lipinski definition) is 1. The van der Waals surface area contributed by atoms with E-state index in [-0.39, 0.29) is 18.2 Å². The monoisotopic (exact) mass is 283 g/mol. The number of rotatable bonds is 3. The smallest absolute Gasteiger partial charge is 0.419 e. The quantitative estimate of drug-likeness (QED) is 0.940. The number of aromatic nitrogens is 2. The molecule has 1 aromatic heterocycles. The third-order valence-corrected chi connectivity index (χ3v) is 2.63. The maximum atomic E-state index is 13.0. The maximum absolute atomic E-state index is 13.0. The zero-order valence-corrected chi connectivity index (χ0v) is 10.6. The first-order chi connectivity index (χ1) is 9.41. The van der Waals surface area contributed by atoms with Gasteiger partial charge in [-0.25, -0.2) is 4.98 Å². The van der Waals surface area contributed by atoms with E-state index in [1.54, 1.807) is 6.92 Å². The van der Waals surface area contributed by atoms with E-state index < -0.39 is 11.7 Å². The summed E-state index contributed by atoms with van der Waals surface area (Å²) in [6.45, 7) is 1.62. The lowest BCUT2D eigenvalue weighted by atomic mass is 10.1. The lowest BCUT2D eigenvalue weighted by Gasteiger charge is -2.14. The van der Waals surface area contributed by atoms with Crippen molar-refractivity contribution in [1.82, 2.24) is 9.97 Å². The Morgan fingerprint density at radius 1 is 1.20 bits per heavy atom. The van der Waals surface area contributed by atoms with Crippen LogP contribution in [0.5, 0.6) is 11.6 Å². The Bertz CT molecular complexity index is 614. The molecule has 20 heavy (non-hydrogen) atoms. The highest BCUT2D eigenvalue weighted by Crippen LogP contribution is 2.38. The standard InChI is InChI=1S/C13H12F3N3O/c1-8-12(19-5-4-18-8)20-11-3-2-9(7-17)6-10(11)13(14,15)16/h2-6H,7,17H2,1H3. The third-order valence-electron chi connectivity index (χ3n) is 2.63. The van der Waals surface area contributed by atoms with E-state index in [2.05, 4.69) is 9.97 Å². The van der Waals surface area contributed by atoms with E-state index in [4.69, 9.17) is 10.5 Å². The van der Waals surface area contributed by atoms with Crippen molar-refractivity contribution in [2.24, 2.45) is 5.73 Å². The summed E-state index contributed by atoms with van der Waals surface area (Å²) in [7, 11) is 0. The Labute approximate surface area is 113 Å². The Kier molecular flexibility index (Phi) is 3.89. The largest absolute Gasteiger partial charge is 0.437 e. The Hall–Kier alpha value is -2.15. The van der Waals surface area contributed by atoms with Gasteiger partial charge in [0, 0.05) is 18.9 Å². The lowest BCUT2D eigenvalue weighted by Crippen LogP contribution is -2.09. The fourth-order valence-electron chi connectivity index (χ4n) is 1.61. The molecular formula is C13H12F3N3O. The molecule has 0 aliphatic rings. The van der Waals surface area contributed by atoms with Gasteiger partial charge in [0.25, 0.3) is 0 Å². The van der Waals surface area contributed by atoms with Crippen molar-refractivity contribution in [3.05, 3.63) is 47.4 Å².